The van der Waals surface area contributed by atoms with Gasteiger partial charge in [0, 0.05) is 25.8 Å². The molecule has 0 rings (SSSR count). The molecule has 11 nitrogen and oxygen atoms in total. The van der Waals surface area contributed by atoms with Crippen LogP contribution in [0.3, 0.4) is 0 Å². The Balaban J connectivity index is 5.55. The van der Waals surface area contributed by atoms with E-state index in [1.807, 2.05) is 0 Å². The molecule has 0 heterocycles. The van der Waals surface area contributed by atoms with E-state index in [1.165, 1.54) is 0 Å². The third-order valence-corrected chi connectivity index (χ3v) is 3.75. The summed E-state index contributed by atoms with van der Waals surface area (Å²) in [5.41, 5.74) is -2.80. The minimum Gasteiger partial charge on any atom is -0.389 e. The summed E-state index contributed by atoms with van der Waals surface area (Å²) >= 11 is 2.37. The molecule has 12 heteroatoms. The van der Waals surface area contributed by atoms with Gasteiger partial charge >= 0.3 is 4.45 Å². The molecule has 5 N–H and O–H groups in total. The summed E-state index contributed by atoms with van der Waals surface area (Å²) < 4.78 is -2.67. The average Bonchev–Trinajstić information content (AvgIpc) is 2.37. The zero-order chi connectivity index (χ0) is 15.4. The van der Waals surface area contributed by atoms with Crippen LogP contribution >= 0.6 is 15.9 Å². The Bertz CT molecular complexity index is 349. The predicted molar refractivity (Wildman–Crippen MR) is 61.6 cm³/mol. The van der Waals surface area contributed by atoms with Gasteiger partial charge in [-0.15, -0.1) is 0 Å². The minimum absolute atomic E-state index is 1.19. The first kappa shape index (κ1) is 18.1. The summed E-state index contributed by atoms with van der Waals surface area (Å²) in [5, 5.41) is 67.5. The van der Waals surface area contributed by atoms with Crippen molar-refractivity contribution in [3.8, 4) is 0 Å². The second-order valence-electron chi connectivity index (χ2n) is 3.80. The van der Waals surface area contributed by atoms with Crippen molar-refractivity contribution in [3.05, 3.63) is 20.2 Å². The van der Waals surface area contributed by atoms with Crippen molar-refractivity contribution in [2.75, 3.05) is 19.8 Å². The highest BCUT2D eigenvalue weighted by molar-refractivity contribution is 9.10. The van der Waals surface area contributed by atoms with Crippen molar-refractivity contribution in [1.82, 2.24) is 0 Å². The highest BCUT2D eigenvalue weighted by Crippen LogP contribution is 2.30. The lowest BCUT2D eigenvalue weighted by Crippen LogP contribution is -2.65. The lowest BCUT2D eigenvalue weighted by molar-refractivity contribution is -0.603. The standard InChI is InChI=1S/C7H13BrN2O9/c8-7(3-13,10(18)19)5(15)4(14)6(1-11,2-12)9(16)17/h4-5,11-15H,1-3H2. The van der Waals surface area contributed by atoms with Crippen LogP contribution in [0.4, 0.5) is 0 Å². The van der Waals surface area contributed by atoms with E-state index in [2.05, 4.69) is 15.9 Å². The van der Waals surface area contributed by atoms with Crippen LogP contribution < -0.4 is 0 Å². The van der Waals surface area contributed by atoms with Crippen LogP contribution in [0.5, 0.6) is 0 Å². The maximum Gasteiger partial charge on any atom is 0.325 e. The van der Waals surface area contributed by atoms with Gasteiger partial charge in [0.25, 0.3) is 5.54 Å². The van der Waals surface area contributed by atoms with Crippen molar-refractivity contribution < 1.29 is 35.4 Å². The van der Waals surface area contributed by atoms with Crippen molar-refractivity contribution in [2.24, 2.45) is 0 Å². The van der Waals surface area contributed by atoms with Gasteiger partial charge in [0.15, 0.2) is 12.2 Å². The second kappa shape index (κ2) is 6.49. The van der Waals surface area contributed by atoms with Crippen LogP contribution in [-0.4, -0.2) is 77.4 Å². The van der Waals surface area contributed by atoms with Crippen LogP contribution in [0, 0.1) is 20.2 Å². The second-order valence-corrected chi connectivity index (χ2v) is 5.17. The Kier molecular flexibility index (Phi) is 6.18. The fraction of sp³-hybridized carbons (Fsp3) is 1.00. The van der Waals surface area contributed by atoms with Crippen LogP contribution in [0.2, 0.25) is 0 Å². The monoisotopic (exact) mass is 348 g/mol. The number of nitro groups is 2. The van der Waals surface area contributed by atoms with Gasteiger partial charge in [-0.25, -0.2) is 0 Å². The van der Waals surface area contributed by atoms with E-state index in [-0.39, 0.29) is 0 Å². The SMILES string of the molecule is O=[N+]([O-])C(Br)(CO)C(O)C(O)C(CO)(CO)[N+](=O)[O-]. The zero-order valence-electron chi connectivity index (χ0n) is 9.42. The molecule has 0 spiro atoms. The van der Waals surface area contributed by atoms with Gasteiger partial charge in [0.05, 0.1) is 0 Å². The van der Waals surface area contributed by atoms with Gasteiger partial charge in [-0.1, -0.05) is 0 Å². The number of hydrogen-bond acceptors (Lipinski definition) is 9. The summed E-state index contributed by atoms with van der Waals surface area (Å²) in [4.78, 5) is 19.0. The highest BCUT2D eigenvalue weighted by Gasteiger charge is 2.61. The number of aliphatic hydroxyl groups is 5. The van der Waals surface area contributed by atoms with Gasteiger partial charge in [-0.3, -0.25) is 20.2 Å². The summed E-state index contributed by atoms with van der Waals surface area (Å²) in [6.45, 7) is -4.04. The lowest BCUT2D eigenvalue weighted by Gasteiger charge is -2.32. The lowest BCUT2D eigenvalue weighted by atomic mass is 9.88. The molecule has 0 amide bonds. The third kappa shape index (κ3) is 2.98. The van der Waals surface area contributed by atoms with Gasteiger partial charge < -0.3 is 25.5 Å². The predicted octanol–water partition coefficient (Wildman–Crippen LogP) is -2.93. The number of aliphatic hydroxyl groups excluding tert-OH is 5. The minimum atomic E-state index is -2.80. The quantitative estimate of drug-likeness (QED) is 0.132. The van der Waals surface area contributed by atoms with Gasteiger partial charge in [0.1, 0.15) is 19.8 Å². The number of halogens is 1. The molecule has 0 fully saturated rings. The first-order valence-corrected chi connectivity index (χ1v) is 5.60. The van der Waals surface area contributed by atoms with E-state index in [4.69, 9.17) is 15.3 Å². The van der Waals surface area contributed by atoms with E-state index >= 15 is 0 Å². The molecule has 0 aliphatic carbocycles. The van der Waals surface area contributed by atoms with Crippen LogP contribution in [0.25, 0.3) is 0 Å². The normalized spacial score (nSPS) is 18.4. The number of alkyl halides is 1. The summed E-state index contributed by atoms with van der Waals surface area (Å²) in [6, 6.07) is 0. The fourth-order valence-corrected chi connectivity index (χ4v) is 1.51. The molecule has 0 saturated heterocycles. The first-order valence-electron chi connectivity index (χ1n) is 4.80. The van der Waals surface area contributed by atoms with Crippen LogP contribution in [0.1, 0.15) is 0 Å². The maximum absolute atomic E-state index is 10.8. The molecule has 0 bridgehead atoms. The Morgan fingerprint density at radius 2 is 1.37 bits per heavy atom. The molecule has 0 aromatic rings. The van der Waals surface area contributed by atoms with Crippen molar-refractivity contribution in [3.63, 3.8) is 0 Å². The molecule has 0 aliphatic heterocycles. The number of rotatable bonds is 8. The van der Waals surface area contributed by atoms with Gasteiger partial charge in [-0.2, -0.15) is 0 Å². The van der Waals surface area contributed by atoms with Crippen LogP contribution in [0.15, 0.2) is 0 Å². The molecule has 3 atom stereocenters. The van der Waals surface area contributed by atoms with E-state index < -0.39 is 51.9 Å². The molecule has 0 aromatic carbocycles. The molecule has 0 radical (unpaired) electrons. The third-order valence-electron chi connectivity index (χ3n) is 2.74. The summed E-state index contributed by atoms with van der Waals surface area (Å²) in [6.07, 6.45) is -4.97. The average molecular weight is 349 g/mol. The van der Waals surface area contributed by atoms with Gasteiger partial charge in [-0.05, 0) is 0 Å². The van der Waals surface area contributed by atoms with Crippen molar-refractivity contribution >= 4 is 15.9 Å². The molecule has 0 saturated carbocycles. The first-order chi connectivity index (χ1) is 8.63. The topological polar surface area (TPSA) is 187 Å². The van der Waals surface area contributed by atoms with Gasteiger partial charge in [0.2, 0.25) is 0 Å². The molecule has 112 valence electrons. The molecule has 19 heavy (non-hydrogen) atoms. The number of nitrogens with zero attached hydrogens (tertiary/aromatic N) is 2. The maximum atomic E-state index is 10.8. The Hall–Kier alpha value is -0.920. The molecular formula is C7H13BrN2O9. The number of hydrogen-bond donors (Lipinski definition) is 5. The molecule has 0 aliphatic rings. The van der Waals surface area contributed by atoms with Crippen molar-refractivity contribution in [2.45, 2.75) is 22.2 Å². The smallest absolute Gasteiger partial charge is 0.325 e. The summed E-state index contributed by atoms with van der Waals surface area (Å²) in [7, 11) is 0. The molecule has 3 unspecified atom stereocenters. The molecular weight excluding hydrogens is 336 g/mol. The van der Waals surface area contributed by atoms with Crippen molar-refractivity contribution in [1.29, 1.82) is 0 Å². The Labute approximate surface area is 114 Å². The Morgan fingerprint density at radius 1 is 0.947 bits per heavy atom. The zero-order valence-corrected chi connectivity index (χ0v) is 11.0. The van der Waals surface area contributed by atoms with Crippen LogP contribution in [-0.2, 0) is 0 Å². The molecule has 0 aromatic heterocycles. The highest BCUT2D eigenvalue weighted by atomic mass is 79.9. The Morgan fingerprint density at radius 3 is 1.58 bits per heavy atom. The van der Waals surface area contributed by atoms with E-state index in [9.17, 15) is 30.4 Å². The van der Waals surface area contributed by atoms with E-state index in [0.717, 1.165) is 0 Å². The fourth-order valence-electron chi connectivity index (χ4n) is 1.26. The van der Waals surface area contributed by atoms with E-state index in [0.29, 0.717) is 0 Å². The summed E-state index contributed by atoms with van der Waals surface area (Å²) in [5.74, 6) is 0. The van der Waals surface area contributed by atoms with E-state index in [1.54, 1.807) is 0 Å². The largest absolute Gasteiger partial charge is 0.389 e.